The van der Waals surface area contributed by atoms with Crippen molar-refractivity contribution in [1.82, 2.24) is 10.6 Å². The van der Waals surface area contributed by atoms with Crippen LogP contribution < -0.4 is 10.6 Å². The Morgan fingerprint density at radius 2 is 1.78 bits per heavy atom. The van der Waals surface area contributed by atoms with E-state index in [1.807, 2.05) is 6.92 Å². The minimum atomic E-state index is -3.25. The van der Waals surface area contributed by atoms with Crippen LogP contribution in [0.1, 0.15) is 56.3 Å². The van der Waals surface area contributed by atoms with Gasteiger partial charge in [-0.25, -0.2) is 8.42 Å². The SMILES string of the molecule is CCCCCC(C)NC(=O)C(CCS(C)(=O)=O)NC(=O)c1ccccc1Br. The molecule has 27 heavy (non-hydrogen) atoms. The van der Waals surface area contributed by atoms with Gasteiger partial charge in [-0.1, -0.05) is 38.3 Å². The first-order chi connectivity index (χ1) is 12.6. The van der Waals surface area contributed by atoms with E-state index in [2.05, 4.69) is 33.5 Å². The Bertz CT molecular complexity index is 737. The van der Waals surface area contributed by atoms with Crippen molar-refractivity contribution < 1.29 is 18.0 Å². The highest BCUT2D eigenvalue weighted by molar-refractivity contribution is 9.10. The summed E-state index contributed by atoms with van der Waals surface area (Å²) in [5.74, 6) is -0.955. The van der Waals surface area contributed by atoms with Crippen LogP contribution in [0.25, 0.3) is 0 Å². The molecule has 0 aliphatic rings. The van der Waals surface area contributed by atoms with Crippen molar-refractivity contribution in [3.05, 3.63) is 34.3 Å². The van der Waals surface area contributed by atoms with E-state index in [9.17, 15) is 18.0 Å². The number of carbonyl (C=O) groups is 2. The van der Waals surface area contributed by atoms with Gasteiger partial charge in [0, 0.05) is 16.8 Å². The van der Waals surface area contributed by atoms with E-state index in [4.69, 9.17) is 0 Å². The number of unbranched alkanes of at least 4 members (excludes halogenated alkanes) is 2. The molecule has 0 radical (unpaired) electrons. The summed E-state index contributed by atoms with van der Waals surface area (Å²) in [4.78, 5) is 25.2. The van der Waals surface area contributed by atoms with Gasteiger partial charge in [0.1, 0.15) is 15.9 Å². The first-order valence-corrected chi connectivity index (χ1v) is 12.0. The molecule has 0 heterocycles. The highest BCUT2D eigenvalue weighted by Crippen LogP contribution is 2.16. The molecule has 6 nitrogen and oxygen atoms in total. The van der Waals surface area contributed by atoms with Crippen LogP contribution >= 0.6 is 15.9 Å². The zero-order valence-electron chi connectivity index (χ0n) is 16.1. The molecule has 0 saturated heterocycles. The van der Waals surface area contributed by atoms with Crippen LogP contribution in [0.5, 0.6) is 0 Å². The van der Waals surface area contributed by atoms with Crippen molar-refractivity contribution >= 4 is 37.6 Å². The quantitative estimate of drug-likeness (QED) is 0.496. The minimum absolute atomic E-state index is 0.0303. The Morgan fingerprint density at radius 1 is 1.11 bits per heavy atom. The van der Waals surface area contributed by atoms with E-state index in [1.165, 1.54) is 0 Å². The van der Waals surface area contributed by atoms with Crippen molar-refractivity contribution in [2.45, 2.75) is 58.0 Å². The normalized spacial score (nSPS) is 13.6. The van der Waals surface area contributed by atoms with Gasteiger partial charge >= 0.3 is 0 Å². The Hall–Kier alpha value is -1.41. The molecule has 1 rings (SSSR count). The van der Waals surface area contributed by atoms with Gasteiger partial charge in [0.15, 0.2) is 0 Å². The Labute approximate surface area is 170 Å². The van der Waals surface area contributed by atoms with Gasteiger partial charge in [-0.3, -0.25) is 9.59 Å². The van der Waals surface area contributed by atoms with Gasteiger partial charge < -0.3 is 10.6 Å². The maximum atomic E-state index is 12.6. The van der Waals surface area contributed by atoms with Gasteiger partial charge in [-0.2, -0.15) is 0 Å². The molecule has 2 unspecified atom stereocenters. The van der Waals surface area contributed by atoms with Crippen LogP contribution in [-0.2, 0) is 14.6 Å². The predicted molar refractivity (Wildman–Crippen MR) is 111 cm³/mol. The molecule has 1 aromatic rings. The number of hydrogen-bond acceptors (Lipinski definition) is 4. The molecule has 0 spiro atoms. The van der Waals surface area contributed by atoms with E-state index in [0.717, 1.165) is 31.9 Å². The van der Waals surface area contributed by atoms with E-state index in [0.29, 0.717) is 10.0 Å². The summed E-state index contributed by atoms with van der Waals surface area (Å²) in [5.41, 5.74) is 0.394. The molecule has 2 amide bonds. The van der Waals surface area contributed by atoms with Crippen LogP contribution in [0.3, 0.4) is 0 Å². The van der Waals surface area contributed by atoms with Crippen molar-refractivity contribution in [3.8, 4) is 0 Å². The van der Waals surface area contributed by atoms with Crippen molar-refractivity contribution in [3.63, 3.8) is 0 Å². The van der Waals surface area contributed by atoms with Gasteiger partial charge in [0.05, 0.1) is 11.3 Å². The largest absolute Gasteiger partial charge is 0.352 e. The van der Waals surface area contributed by atoms with Gasteiger partial charge in [-0.05, 0) is 47.8 Å². The fourth-order valence-corrected chi connectivity index (χ4v) is 3.73. The number of benzene rings is 1. The van der Waals surface area contributed by atoms with Crippen molar-refractivity contribution in [2.75, 3.05) is 12.0 Å². The average molecular weight is 461 g/mol. The smallest absolute Gasteiger partial charge is 0.253 e. The van der Waals surface area contributed by atoms with Crippen molar-refractivity contribution in [2.24, 2.45) is 0 Å². The van der Waals surface area contributed by atoms with E-state index in [1.54, 1.807) is 24.3 Å². The molecule has 8 heteroatoms. The van der Waals surface area contributed by atoms with Crippen molar-refractivity contribution in [1.29, 1.82) is 0 Å². The van der Waals surface area contributed by atoms with Crippen LogP contribution in [0.4, 0.5) is 0 Å². The third-order valence-electron chi connectivity index (χ3n) is 4.15. The third kappa shape index (κ3) is 9.37. The molecule has 0 fully saturated rings. The summed E-state index contributed by atoms with van der Waals surface area (Å²) in [6, 6.07) is 5.93. The summed E-state index contributed by atoms with van der Waals surface area (Å²) in [5, 5.41) is 5.56. The summed E-state index contributed by atoms with van der Waals surface area (Å²) in [6.45, 7) is 4.03. The maximum absolute atomic E-state index is 12.6. The number of rotatable bonds is 11. The lowest BCUT2D eigenvalue weighted by atomic mass is 10.1. The second-order valence-corrected chi connectivity index (χ2v) is 9.94. The van der Waals surface area contributed by atoms with Crippen LogP contribution in [0.15, 0.2) is 28.7 Å². The zero-order valence-corrected chi connectivity index (χ0v) is 18.5. The molecular formula is C19H29BrN2O4S. The van der Waals surface area contributed by atoms with Gasteiger partial charge in [0.25, 0.3) is 5.91 Å². The molecule has 152 valence electrons. The number of halogens is 1. The van der Waals surface area contributed by atoms with E-state index < -0.39 is 21.8 Å². The average Bonchev–Trinajstić information content (AvgIpc) is 2.58. The number of nitrogens with one attached hydrogen (secondary N) is 2. The zero-order chi connectivity index (χ0) is 20.4. The second-order valence-electron chi connectivity index (χ2n) is 6.83. The monoisotopic (exact) mass is 460 g/mol. The van der Waals surface area contributed by atoms with E-state index >= 15 is 0 Å². The molecule has 1 aromatic carbocycles. The highest BCUT2D eigenvalue weighted by Gasteiger charge is 2.24. The fraction of sp³-hybridized carbons (Fsp3) is 0.579. The molecule has 0 bridgehead atoms. The Morgan fingerprint density at radius 3 is 2.37 bits per heavy atom. The van der Waals surface area contributed by atoms with Gasteiger partial charge in [0.2, 0.25) is 5.91 Å². The number of carbonyl (C=O) groups excluding carboxylic acids is 2. The van der Waals surface area contributed by atoms with Crippen LogP contribution in [0.2, 0.25) is 0 Å². The molecule has 2 N–H and O–H groups in total. The first-order valence-electron chi connectivity index (χ1n) is 9.17. The molecule has 2 atom stereocenters. The molecular weight excluding hydrogens is 432 g/mol. The maximum Gasteiger partial charge on any atom is 0.253 e. The Balaban J connectivity index is 2.81. The number of hydrogen-bond donors (Lipinski definition) is 2. The lowest BCUT2D eigenvalue weighted by molar-refractivity contribution is -0.123. The topological polar surface area (TPSA) is 92.3 Å². The lowest BCUT2D eigenvalue weighted by Crippen LogP contribution is -2.49. The minimum Gasteiger partial charge on any atom is -0.352 e. The standard InChI is InChI=1S/C19H29BrN2O4S/c1-4-5-6-9-14(2)21-19(24)17(12-13-27(3,25)26)22-18(23)15-10-7-8-11-16(15)20/h7-8,10-11,14,17H,4-6,9,12-13H2,1-3H3,(H,21,24)(H,22,23). The fourth-order valence-electron chi connectivity index (χ4n) is 2.60. The lowest BCUT2D eigenvalue weighted by Gasteiger charge is -2.21. The molecule has 0 saturated carbocycles. The molecule has 0 aliphatic carbocycles. The summed E-state index contributed by atoms with van der Waals surface area (Å²) in [6.07, 6.45) is 5.19. The molecule has 0 aromatic heterocycles. The van der Waals surface area contributed by atoms with Crippen LogP contribution in [-0.4, -0.2) is 44.3 Å². The third-order valence-corrected chi connectivity index (χ3v) is 5.82. The second kappa shape index (κ2) is 11.4. The van der Waals surface area contributed by atoms with E-state index in [-0.39, 0.29) is 24.1 Å². The predicted octanol–water partition coefficient (Wildman–Crippen LogP) is 3.07. The summed E-state index contributed by atoms with van der Waals surface area (Å²) in [7, 11) is -3.25. The van der Waals surface area contributed by atoms with Gasteiger partial charge in [-0.15, -0.1) is 0 Å². The number of amides is 2. The first kappa shape index (κ1) is 23.6. The summed E-state index contributed by atoms with van der Waals surface area (Å²) < 4.78 is 23.6. The Kier molecular flexibility index (Phi) is 10.0. The summed E-state index contributed by atoms with van der Waals surface area (Å²) >= 11 is 3.31. The molecule has 0 aliphatic heterocycles. The van der Waals surface area contributed by atoms with Crippen LogP contribution in [0, 0.1) is 0 Å². The highest BCUT2D eigenvalue weighted by atomic mass is 79.9. The number of sulfone groups is 1.